The van der Waals surface area contributed by atoms with Crippen LogP contribution < -0.4 is 10.4 Å². The Morgan fingerprint density at radius 3 is 3.00 bits per heavy atom. The highest BCUT2D eigenvalue weighted by atomic mass is 35.5. The summed E-state index contributed by atoms with van der Waals surface area (Å²) in [5.41, 5.74) is 7.23. The van der Waals surface area contributed by atoms with Crippen molar-refractivity contribution in [3.05, 3.63) is 23.0 Å². The van der Waals surface area contributed by atoms with Crippen LogP contribution in [0, 0.1) is 0 Å². The summed E-state index contributed by atoms with van der Waals surface area (Å²) in [7, 11) is 0. The van der Waals surface area contributed by atoms with E-state index in [1.165, 1.54) is 11.6 Å². The molecule has 0 fully saturated rings. The van der Waals surface area contributed by atoms with Crippen LogP contribution in [0.2, 0.25) is 5.15 Å². The van der Waals surface area contributed by atoms with E-state index in [2.05, 4.69) is 10.1 Å². The maximum absolute atomic E-state index is 11.1. The van der Waals surface area contributed by atoms with Crippen molar-refractivity contribution in [3.8, 4) is 0 Å². The second-order valence-corrected chi connectivity index (χ2v) is 4.35. The van der Waals surface area contributed by atoms with Crippen LogP contribution >= 0.6 is 11.6 Å². The molecule has 6 heteroatoms. The second-order valence-electron chi connectivity index (χ2n) is 3.96. The predicted molar refractivity (Wildman–Crippen MR) is 64.7 cm³/mol. The van der Waals surface area contributed by atoms with E-state index in [1.807, 2.05) is 6.07 Å². The molecule has 3 N–H and O–H groups in total. The number of ketones is 1. The number of carbonyl (C=O) groups is 1. The number of nitrogens with zero attached hydrogens (tertiary/aromatic N) is 2. The number of hydrogen-bond acceptors (Lipinski definition) is 3. The van der Waals surface area contributed by atoms with Crippen LogP contribution in [0.5, 0.6) is 0 Å². The quantitative estimate of drug-likeness (QED) is 0.784. The molecule has 0 saturated carbocycles. The first-order valence-electron chi connectivity index (χ1n) is 5.38. The van der Waals surface area contributed by atoms with Gasteiger partial charge in [-0.25, -0.2) is 0 Å². The molecular weight excluding hydrogens is 240 g/mol. The molecule has 0 aromatic carbocycles. The monoisotopic (exact) mass is 253 g/mol. The van der Waals surface area contributed by atoms with Crippen LogP contribution in [0.1, 0.15) is 12.6 Å². The minimum atomic E-state index is 0.0116. The smallest absolute Gasteiger partial charge is 0.301 e. The van der Waals surface area contributed by atoms with Crippen LogP contribution in [0.4, 0.5) is 0 Å². The number of halogens is 1. The zero-order chi connectivity index (χ0) is 12.4. The standard InChI is InChI=1S/C11H13ClN4O/c1-7(17)6-16-10(12)5-8-4-9(2-3-13)14-11(8)15-16/h4-5H,2-3,6,13H2,1H3/p+1. The number of rotatable bonds is 4. The van der Waals surface area contributed by atoms with E-state index in [4.69, 9.17) is 17.3 Å². The highest BCUT2D eigenvalue weighted by Gasteiger charge is 2.16. The summed E-state index contributed by atoms with van der Waals surface area (Å²) in [5.74, 6) is 0.0116. The number of nitrogens with one attached hydrogen (secondary N) is 1. The second kappa shape index (κ2) is 4.81. The van der Waals surface area contributed by atoms with Gasteiger partial charge >= 0.3 is 5.15 Å². The van der Waals surface area contributed by atoms with Crippen LogP contribution in [-0.4, -0.2) is 22.4 Å². The molecule has 90 valence electrons. The Labute approximate surface area is 104 Å². The molecule has 2 heterocycles. The summed E-state index contributed by atoms with van der Waals surface area (Å²) in [6.45, 7) is 2.26. The number of aromatic nitrogens is 3. The van der Waals surface area contributed by atoms with Gasteiger partial charge in [0.25, 0.3) is 0 Å². The summed E-state index contributed by atoms with van der Waals surface area (Å²) in [6.07, 6.45) is 0.765. The molecule has 0 spiro atoms. The average molecular weight is 254 g/mol. The Bertz CT molecular complexity index is 564. The molecule has 2 aromatic rings. The van der Waals surface area contributed by atoms with Gasteiger partial charge in [-0.05, 0) is 30.6 Å². The van der Waals surface area contributed by atoms with Crippen LogP contribution in [0.3, 0.4) is 0 Å². The third-order valence-electron chi connectivity index (χ3n) is 2.41. The van der Waals surface area contributed by atoms with Gasteiger partial charge < -0.3 is 10.7 Å². The highest BCUT2D eigenvalue weighted by molar-refractivity contribution is 6.29. The van der Waals surface area contributed by atoms with E-state index >= 15 is 0 Å². The number of H-pyrrole nitrogens is 1. The fourth-order valence-electron chi connectivity index (χ4n) is 1.69. The number of Topliss-reactive ketones (excluding diaryl/α,β-unsaturated/α-hetero) is 1. The highest BCUT2D eigenvalue weighted by Crippen LogP contribution is 2.15. The first-order chi connectivity index (χ1) is 8.10. The Morgan fingerprint density at radius 2 is 2.35 bits per heavy atom. The molecular formula is C11H14ClN4O+. The van der Waals surface area contributed by atoms with Gasteiger partial charge in [0.2, 0.25) is 12.2 Å². The number of hydrogen-bond donors (Lipinski definition) is 2. The van der Waals surface area contributed by atoms with Crippen molar-refractivity contribution in [2.45, 2.75) is 19.9 Å². The molecule has 0 unspecified atom stereocenters. The van der Waals surface area contributed by atoms with Crippen molar-refractivity contribution in [3.63, 3.8) is 0 Å². The molecule has 0 saturated heterocycles. The van der Waals surface area contributed by atoms with Crippen molar-refractivity contribution in [1.82, 2.24) is 10.1 Å². The number of nitrogens with two attached hydrogens (primary N) is 1. The average Bonchev–Trinajstić information content (AvgIpc) is 2.60. The normalized spacial score (nSPS) is 11.0. The van der Waals surface area contributed by atoms with E-state index in [0.29, 0.717) is 11.7 Å². The van der Waals surface area contributed by atoms with Crippen molar-refractivity contribution < 1.29 is 9.48 Å². The predicted octanol–water partition coefficient (Wildman–Crippen LogP) is 0.594. The van der Waals surface area contributed by atoms with E-state index < -0.39 is 0 Å². The fourth-order valence-corrected chi connectivity index (χ4v) is 1.91. The Kier molecular flexibility index (Phi) is 3.40. The van der Waals surface area contributed by atoms with Gasteiger partial charge in [-0.2, -0.15) is 0 Å². The lowest BCUT2D eigenvalue weighted by atomic mass is 10.3. The number of fused-ring (bicyclic) bond motifs is 1. The Morgan fingerprint density at radius 1 is 1.59 bits per heavy atom. The Balaban J connectivity index is 2.44. The van der Waals surface area contributed by atoms with Gasteiger partial charge in [0, 0.05) is 29.2 Å². The molecule has 2 aromatic heterocycles. The van der Waals surface area contributed by atoms with Gasteiger partial charge in [-0.3, -0.25) is 4.79 Å². The lowest BCUT2D eigenvalue weighted by Gasteiger charge is -1.93. The van der Waals surface area contributed by atoms with E-state index in [-0.39, 0.29) is 12.3 Å². The molecule has 17 heavy (non-hydrogen) atoms. The van der Waals surface area contributed by atoms with Crippen molar-refractivity contribution >= 4 is 28.4 Å². The molecule has 0 radical (unpaired) electrons. The molecule has 2 rings (SSSR count). The minimum absolute atomic E-state index is 0.0116. The van der Waals surface area contributed by atoms with E-state index in [9.17, 15) is 4.79 Å². The van der Waals surface area contributed by atoms with Gasteiger partial charge in [0.1, 0.15) is 0 Å². The topological polar surface area (TPSA) is 75.7 Å². The lowest BCUT2D eigenvalue weighted by molar-refractivity contribution is -0.737. The largest absolute Gasteiger partial charge is 0.338 e. The van der Waals surface area contributed by atoms with Crippen LogP contribution in [0.25, 0.3) is 11.0 Å². The van der Waals surface area contributed by atoms with Gasteiger partial charge in [0.15, 0.2) is 5.78 Å². The molecule has 0 bridgehead atoms. The molecule has 0 aliphatic heterocycles. The zero-order valence-electron chi connectivity index (χ0n) is 9.53. The molecule has 0 aliphatic rings. The van der Waals surface area contributed by atoms with Crippen molar-refractivity contribution in [1.29, 1.82) is 0 Å². The first-order valence-corrected chi connectivity index (χ1v) is 5.75. The van der Waals surface area contributed by atoms with E-state index in [1.54, 1.807) is 6.07 Å². The Hall–Kier alpha value is -1.46. The molecule has 0 aliphatic carbocycles. The molecule has 0 atom stereocenters. The van der Waals surface area contributed by atoms with Gasteiger partial charge in [0.05, 0.1) is 0 Å². The van der Waals surface area contributed by atoms with Crippen molar-refractivity contribution in [2.24, 2.45) is 5.73 Å². The van der Waals surface area contributed by atoms with Crippen LogP contribution in [-0.2, 0) is 17.8 Å². The first kappa shape index (κ1) is 12.0. The fraction of sp³-hybridized carbons (Fsp3) is 0.364. The summed E-state index contributed by atoms with van der Waals surface area (Å²) in [4.78, 5) is 14.2. The maximum Gasteiger partial charge on any atom is 0.301 e. The van der Waals surface area contributed by atoms with Gasteiger partial charge in [-0.1, -0.05) is 4.68 Å². The molecule has 0 amide bonds. The third-order valence-corrected chi connectivity index (χ3v) is 2.71. The summed E-state index contributed by atoms with van der Waals surface area (Å²) in [5, 5.41) is 5.66. The number of aromatic amines is 1. The zero-order valence-corrected chi connectivity index (χ0v) is 10.3. The minimum Gasteiger partial charge on any atom is -0.338 e. The third kappa shape index (κ3) is 2.62. The van der Waals surface area contributed by atoms with Crippen molar-refractivity contribution in [2.75, 3.05) is 6.54 Å². The van der Waals surface area contributed by atoms with Crippen LogP contribution in [0.15, 0.2) is 12.1 Å². The number of carbonyl (C=O) groups excluding carboxylic acids is 1. The lowest BCUT2D eigenvalue weighted by Crippen LogP contribution is -2.42. The van der Waals surface area contributed by atoms with Gasteiger partial charge in [-0.15, -0.1) is 0 Å². The van der Waals surface area contributed by atoms with E-state index in [0.717, 1.165) is 23.1 Å². The molecule has 5 nitrogen and oxygen atoms in total. The SMILES string of the molecule is CC(=O)C[n+]1nc2[nH]c(CCN)cc2cc1Cl. The maximum atomic E-state index is 11.1. The summed E-state index contributed by atoms with van der Waals surface area (Å²) < 4.78 is 1.48. The summed E-state index contributed by atoms with van der Waals surface area (Å²) >= 11 is 6.04. The summed E-state index contributed by atoms with van der Waals surface area (Å²) in [6, 6.07) is 3.77.